The van der Waals surface area contributed by atoms with E-state index in [1.165, 1.54) is 0 Å². The predicted octanol–water partition coefficient (Wildman–Crippen LogP) is 3.04. The zero-order valence-electron chi connectivity index (χ0n) is 19.0. The van der Waals surface area contributed by atoms with Crippen molar-refractivity contribution >= 4 is 29.1 Å². The molecule has 176 valence electrons. The maximum absolute atomic E-state index is 12.4. The van der Waals surface area contributed by atoms with Crippen LogP contribution in [-0.2, 0) is 16.1 Å². The molecule has 0 saturated heterocycles. The van der Waals surface area contributed by atoms with Crippen LogP contribution in [0.15, 0.2) is 78.9 Å². The van der Waals surface area contributed by atoms with Crippen LogP contribution in [0.2, 0.25) is 0 Å². The van der Waals surface area contributed by atoms with Crippen LogP contribution >= 0.6 is 0 Å². The van der Waals surface area contributed by atoms with E-state index < -0.39 is 0 Å². The lowest BCUT2D eigenvalue weighted by Gasteiger charge is -2.10. The third-order valence-electron chi connectivity index (χ3n) is 4.90. The first kappa shape index (κ1) is 24.5. The lowest BCUT2D eigenvalue weighted by molar-refractivity contribution is -0.114. The summed E-state index contributed by atoms with van der Waals surface area (Å²) in [7, 11) is 1.57. The molecule has 0 bridgehead atoms. The van der Waals surface area contributed by atoms with Crippen LogP contribution in [0.1, 0.15) is 26.3 Å². The number of hydrogen-bond donors (Lipinski definition) is 4. The molecule has 4 N–H and O–H groups in total. The number of ether oxygens (including phenoxy) is 1. The van der Waals surface area contributed by atoms with E-state index in [0.717, 1.165) is 5.56 Å². The van der Waals surface area contributed by atoms with Crippen molar-refractivity contribution in [1.29, 1.82) is 0 Å². The van der Waals surface area contributed by atoms with Crippen molar-refractivity contribution in [2.75, 3.05) is 37.4 Å². The molecule has 0 fully saturated rings. The van der Waals surface area contributed by atoms with Gasteiger partial charge in [0.25, 0.3) is 11.8 Å². The largest absolute Gasteiger partial charge is 0.383 e. The van der Waals surface area contributed by atoms with Crippen molar-refractivity contribution in [3.8, 4) is 0 Å². The fourth-order valence-electron chi connectivity index (χ4n) is 3.11. The standard InChI is InChI=1S/C26H28N4O4/c1-34-15-14-27-25(32)20-10-12-22(13-11-20)28-18-24(31)30-23-9-5-8-21(16-23)26(33)29-17-19-6-3-2-4-7-19/h2-13,16,28H,14-15,17-18H2,1H3,(H,27,32)(H,29,33)(H,30,31). The highest BCUT2D eigenvalue weighted by atomic mass is 16.5. The Kier molecular flexibility index (Phi) is 9.19. The van der Waals surface area contributed by atoms with Crippen LogP contribution in [0.4, 0.5) is 11.4 Å². The minimum absolute atomic E-state index is 0.0316. The van der Waals surface area contributed by atoms with Crippen molar-refractivity contribution in [3.63, 3.8) is 0 Å². The number of amides is 3. The molecule has 0 unspecified atom stereocenters. The Labute approximate surface area is 198 Å². The molecule has 0 spiro atoms. The Morgan fingerprint density at radius 1 is 0.765 bits per heavy atom. The lowest BCUT2D eigenvalue weighted by Crippen LogP contribution is -2.27. The molecule has 3 amide bonds. The molecule has 3 rings (SSSR count). The smallest absolute Gasteiger partial charge is 0.251 e. The summed E-state index contributed by atoms with van der Waals surface area (Å²) in [6, 6.07) is 23.2. The fourth-order valence-corrected chi connectivity index (χ4v) is 3.11. The van der Waals surface area contributed by atoms with Crippen LogP contribution < -0.4 is 21.3 Å². The number of anilines is 2. The summed E-state index contributed by atoms with van der Waals surface area (Å²) in [5.41, 5.74) is 3.22. The molecule has 34 heavy (non-hydrogen) atoms. The Bertz CT molecular complexity index is 1100. The molecule has 8 heteroatoms. The first-order valence-corrected chi connectivity index (χ1v) is 10.9. The topological polar surface area (TPSA) is 109 Å². The summed E-state index contributed by atoms with van der Waals surface area (Å²) in [4.78, 5) is 36.8. The maximum atomic E-state index is 12.4. The van der Waals surface area contributed by atoms with E-state index in [1.54, 1.807) is 55.6 Å². The van der Waals surface area contributed by atoms with E-state index in [0.29, 0.717) is 42.2 Å². The quantitative estimate of drug-likeness (QED) is 0.329. The Morgan fingerprint density at radius 2 is 1.50 bits per heavy atom. The number of carbonyl (C=O) groups is 3. The van der Waals surface area contributed by atoms with Crippen LogP contribution in [0.25, 0.3) is 0 Å². The first-order valence-electron chi connectivity index (χ1n) is 10.9. The summed E-state index contributed by atoms with van der Waals surface area (Å²) < 4.78 is 4.91. The van der Waals surface area contributed by atoms with Crippen molar-refractivity contribution < 1.29 is 19.1 Å². The maximum Gasteiger partial charge on any atom is 0.251 e. The van der Waals surface area contributed by atoms with Gasteiger partial charge in [-0.2, -0.15) is 0 Å². The summed E-state index contributed by atoms with van der Waals surface area (Å²) in [5.74, 6) is -0.665. The summed E-state index contributed by atoms with van der Waals surface area (Å²) in [5, 5.41) is 11.4. The van der Waals surface area contributed by atoms with Gasteiger partial charge in [0.05, 0.1) is 13.2 Å². The van der Waals surface area contributed by atoms with Gasteiger partial charge in [-0.15, -0.1) is 0 Å². The van der Waals surface area contributed by atoms with Crippen molar-refractivity contribution in [3.05, 3.63) is 95.6 Å². The van der Waals surface area contributed by atoms with E-state index in [9.17, 15) is 14.4 Å². The molecule has 0 aliphatic carbocycles. The van der Waals surface area contributed by atoms with Gasteiger partial charge in [-0.3, -0.25) is 14.4 Å². The number of benzene rings is 3. The molecule has 8 nitrogen and oxygen atoms in total. The molecule has 0 saturated carbocycles. The molecular weight excluding hydrogens is 432 g/mol. The van der Waals surface area contributed by atoms with E-state index in [-0.39, 0.29) is 24.3 Å². The molecule has 0 atom stereocenters. The molecule has 0 aromatic heterocycles. The number of hydrogen-bond acceptors (Lipinski definition) is 5. The molecule has 0 heterocycles. The monoisotopic (exact) mass is 460 g/mol. The van der Waals surface area contributed by atoms with Crippen LogP contribution in [0, 0.1) is 0 Å². The second-order valence-corrected chi connectivity index (χ2v) is 7.48. The summed E-state index contributed by atoms with van der Waals surface area (Å²) in [6.45, 7) is 1.34. The average molecular weight is 461 g/mol. The zero-order chi connectivity index (χ0) is 24.2. The van der Waals surface area contributed by atoms with Gasteiger partial charge in [-0.05, 0) is 48.0 Å². The summed E-state index contributed by atoms with van der Waals surface area (Å²) >= 11 is 0. The van der Waals surface area contributed by atoms with Gasteiger partial charge in [0.1, 0.15) is 0 Å². The van der Waals surface area contributed by atoms with Gasteiger partial charge in [-0.25, -0.2) is 0 Å². The average Bonchev–Trinajstić information content (AvgIpc) is 2.87. The van der Waals surface area contributed by atoms with Gasteiger partial charge in [0.2, 0.25) is 5.91 Å². The van der Waals surface area contributed by atoms with Gasteiger partial charge < -0.3 is 26.0 Å². The zero-order valence-corrected chi connectivity index (χ0v) is 19.0. The van der Waals surface area contributed by atoms with Gasteiger partial charge in [0, 0.05) is 42.7 Å². The van der Waals surface area contributed by atoms with E-state index in [1.807, 2.05) is 30.3 Å². The number of methoxy groups -OCH3 is 1. The van der Waals surface area contributed by atoms with E-state index in [4.69, 9.17) is 4.74 Å². The fraction of sp³-hybridized carbons (Fsp3) is 0.192. The second kappa shape index (κ2) is 12.8. The SMILES string of the molecule is COCCNC(=O)c1ccc(NCC(=O)Nc2cccc(C(=O)NCc3ccccc3)c2)cc1. The third kappa shape index (κ3) is 7.75. The Balaban J connectivity index is 1.46. The molecule has 3 aromatic carbocycles. The van der Waals surface area contributed by atoms with Crippen molar-refractivity contribution in [1.82, 2.24) is 10.6 Å². The third-order valence-corrected chi connectivity index (χ3v) is 4.90. The van der Waals surface area contributed by atoms with E-state index >= 15 is 0 Å². The highest BCUT2D eigenvalue weighted by molar-refractivity contribution is 5.98. The van der Waals surface area contributed by atoms with E-state index in [2.05, 4.69) is 21.3 Å². The highest BCUT2D eigenvalue weighted by Crippen LogP contribution is 2.12. The molecular formula is C26H28N4O4. The van der Waals surface area contributed by atoms with Gasteiger partial charge in [-0.1, -0.05) is 36.4 Å². The summed E-state index contributed by atoms with van der Waals surface area (Å²) in [6.07, 6.45) is 0. The lowest BCUT2D eigenvalue weighted by atomic mass is 10.1. The van der Waals surface area contributed by atoms with Crippen molar-refractivity contribution in [2.24, 2.45) is 0 Å². The molecule has 0 aliphatic rings. The molecule has 3 aromatic rings. The van der Waals surface area contributed by atoms with Crippen LogP contribution in [0.5, 0.6) is 0 Å². The Morgan fingerprint density at radius 3 is 2.24 bits per heavy atom. The van der Waals surface area contributed by atoms with Gasteiger partial charge in [0.15, 0.2) is 0 Å². The minimum atomic E-state index is -0.261. The molecule has 0 aliphatic heterocycles. The number of nitrogens with one attached hydrogen (secondary N) is 4. The number of rotatable bonds is 11. The predicted molar refractivity (Wildman–Crippen MR) is 132 cm³/mol. The highest BCUT2D eigenvalue weighted by Gasteiger charge is 2.09. The molecule has 0 radical (unpaired) electrons. The second-order valence-electron chi connectivity index (χ2n) is 7.48. The van der Waals surface area contributed by atoms with Gasteiger partial charge >= 0.3 is 0 Å². The van der Waals surface area contributed by atoms with Crippen molar-refractivity contribution in [2.45, 2.75) is 6.54 Å². The first-order chi connectivity index (χ1) is 16.5. The number of carbonyl (C=O) groups excluding carboxylic acids is 3. The Hall–Kier alpha value is -4.17. The van der Waals surface area contributed by atoms with Crippen LogP contribution in [-0.4, -0.2) is 44.5 Å². The normalized spacial score (nSPS) is 10.3. The minimum Gasteiger partial charge on any atom is -0.383 e. The van der Waals surface area contributed by atoms with Crippen LogP contribution in [0.3, 0.4) is 0 Å².